The first-order chi connectivity index (χ1) is 12.7. The minimum Gasteiger partial charge on any atom is -0.348 e. The molecule has 27 heavy (non-hydrogen) atoms. The lowest BCUT2D eigenvalue weighted by atomic mass is 10.0. The quantitative estimate of drug-likeness (QED) is 0.725. The smallest absolute Gasteiger partial charge is 0.272 e. The zero-order valence-electron chi connectivity index (χ0n) is 15.1. The number of H-pyrrole nitrogens is 1. The first kappa shape index (κ1) is 20.1. The Morgan fingerprint density at radius 3 is 2.74 bits per heavy atom. The molecule has 0 aliphatic carbocycles. The summed E-state index contributed by atoms with van der Waals surface area (Å²) in [6.45, 7) is 4.54. The molecule has 1 saturated heterocycles. The van der Waals surface area contributed by atoms with Gasteiger partial charge >= 0.3 is 0 Å². The summed E-state index contributed by atoms with van der Waals surface area (Å²) in [5.74, 6) is -0.0534. The molecule has 146 valence electrons. The Morgan fingerprint density at radius 1 is 1.26 bits per heavy atom. The number of aromatic nitrogens is 2. The third-order valence-corrected chi connectivity index (χ3v) is 5.52. The van der Waals surface area contributed by atoms with E-state index in [9.17, 15) is 4.79 Å². The first-order valence-corrected chi connectivity index (χ1v) is 9.61. The van der Waals surface area contributed by atoms with Crippen LogP contribution in [0.15, 0.2) is 24.3 Å². The van der Waals surface area contributed by atoms with Gasteiger partial charge in [-0.2, -0.15) is 5.10 Å². The van der Waals surface area contributed by atoms with Gasteiger partial charge in [0.25, 0.3) is 5.91 Å². The molecule has 3 heterocycles. The number of hydrogen-bond acceptors (Lipinski definition) is 4. The molecule has 3 N–H and O–H groups in total. The van der Waals surface area contributed by atoms with Gasteiger partial charge in [0.2, 0.25) is 0 Å². The second-order valence-corrected chi connectivity index (χ2v) is 7.54. The van der Waals surface area contributed by atoms with Gasteiger partial charge in [0, 0.05) is 61.5 Å². The second kappa shape index (κ2) is 9.06. The molecule has 1 amide bonds. The molecule has 0 unspecified atom stereocenters. The highest BCUT2D eigenvalue weighted by atomic mass is 35.5. The van der Waals surface area contributed by atoms with Crippen molar-refractivity contribution in [3.63, 3.8) is 0 Å². The van der Waals surface area contributed by atoms with E-state index in [1.54, 1.807) is 0 Å². The van der Waals surface area contributed by atoms with Crippen LogP contribution in [-0.2, 0) is 19.5 Å². The maximum absolute atomic E-state index is 12.6. The zero-order chi connectivity index (χ0) is 17.9. The summed E-state index contributed by atoms with van der Waals surface area (Å²) in [6.07, 6.45) is 2.83. The highest BCUT2D eigenvalue weighted by Crippen LogP contribution is 2.18. The summed E-state index contributed by atoms with van der Waals surface area (Å²) >= 11 is 5.94. The molecule has 8 heteroatoms. The van der Waals surface area contributed by atoms with Gasteiger partial charge in [0.1, 0.15) is 0 Å². The number of carbonyl (C=O) groups is 1. The molecule has 2 aliphatic heterocycles. The number of rotatable bonds is 4. The molecule has 1 fully saturated rings. The van der Waals surface area contributed by atoms with Crippen molar-refractivity contribution in [1.29, 1.82) is 0 Å². The van der Waals surface area contributed by atoms with Crippen molar-refractivity contribution >= 4 is 29.9 Å². The number of carbonyl (C=O) groups excluding carboxylic acids is 1. The molecule has 0 saturated carbocycles. The van der Waals surface area contributed by atoms with Crippen molar-refractivity contribution in [2.75, 3.05) is 19.6 Å². The number of fused-ring (bicyclic) bond motifs is 1. The van der Waals surface area contributed by atoms with Crippen molar-refractivity contribution in [2.45, 2.75) is 38.4 Å². The average molecular weight is 410 g/mol. The van der Waals surface area contributed by atoms with Crippen LogP contribution in [0.3, 0.4) is 0 Å². The van der Waals surface area contributed by atoms with E-state index in [1.165, 1.54) is 5.56 Å². The fourth-order valence-electron chi connectivity index (χ4n) is 3.75. The zero-order valence-corrected chi connectivity index (χ0v) is 16.7. The number of nitrogens with one attached hydrogen (secondary N) is 3. The molecule has 1 aromatic heterocycles. The third kappa shape index (κ3) is 4.82. The SMILES string of the molecule is Cl.O=C(NC1CCN(Cc2ccc(Cl)cc2)CC1)c1n[nH]c2c1CNCC2. The molecule has 0 radical (unpaired) electrons. The standard InChI is InChI=1S/C19H24ClN5O.ClH/c20-14-3-1-13(2-4-14)12-25-9-6-15(7-10-25)22-19(26)18-16-11-21-8-5-17(16)23-24-18;/h1-4,15,21H,5-12H2,(H,22,26)(H,23,24);1H. The lowest BCUT2D eigenvalue weighted by Gasteiger charge is -2.32. The Hall–Kier alpha value is -1.60. The highest BCUT2D eigenvalue weighted by molar-refractivity contribution is 6.30. The van der Waals surface area contributed by atoms with Crippen LogP contribution in [-0.4, -0.2) is 46.7 Å². The van der Waals surface area contributed by atoms with Gasteiger partial charge in [0.05, 0.1) is 0 Å². The van der Waals surface area contributed by atoms with E-state index in [2.05, 4.69) is 37.9 Å². The van der Waals surface area contributed by atoms with Crippen LogP contribution in [0, 0.1) is 0 Å². The van der Waals surface area contributed by atoms with E-state index in [-0.39, 0.29) is 24.4 Å². The van der Waals surface area contributed by atoms with Crippen LogP contribution in [0.2, 0.25) is 5.02 Å². The van der Waals surface area contributed by atoms with E-state index in [1.807, 2.05) is 12.1 Å². The maximum atomic E-state index is 12.6. The van der Waals surface area contributed by atoms with Crippen molar-refractivity contribution in [1.82, 2.24) is 25.7 Å². The summed E-state index contributed by atoms with van der Waals surface area (Å²) in [4.78, 5) is 15.0. The Balaban J connectivity index is 0.00000210. The molecule has 2 aliphatic rings. The average Bonchev–Trinajstić information content (AvgIpc) is 3.09. The topological polar surface area (TPSA) is 73.0 Å². The van der Waals surface area contributed by atoms with Crippen LogP contribution in [0.25, 0.3) is 0 Å². The van der Waals surface area contributed by atoms with E-state index >= 15 is 0 Å². The van der Waals surface area contributed by atoms with E-state index in [4.69, 9.17) is 11.6 Å². The minimum atomic E-state index is -0.0534. The summed E-state index contributed by atoms with van der Waals surface area (Å²) in [6, 6.07) is 8.23. The molecule has 0 atom stereocenters. The molecule has 4 rings (SSSR count). The van der Waals surface area contributed by atoms with Crippen molar-refractivity contribution in [2.24, 2.45) is 0 Å². The largest absolute Gasteiger partial charge is 0.348 e. The Bertz CT molecular complexity index is 769. The normalized spacial score (nSPS) is 17.8. The molecule has 1 aromatic carbocycles. The number of likely N-dealkylation sites (tertiary alicyclic amines) is 1. The summed E-state index contributed by atoms with van der Waals surface area (Å²) in [5, 5.41) is 14.5. The lowest BCUT2D eigenvalue weighted by molar-refractivity contribution is 0.0902. The van der Waals surface area contributed by atoms with Gasteiger partial charge < -0.3 is 10.6 Å². The van der Waals surface area contributed by atoms with E-state index < -0.39 is 0 Å². The van der Waals surface area contributed by atoms with Crippen molar-refractivity contribution < 1.29 is 4.79 Å². The van der Waals surface area contributed by atoms with Crippen LogP contribution < -0.4 is 10.6 Å². The van der Waals surface area contributed by atoms with Gasteiger partial charge in [-0.25, -0.2) is 0 Å². The molecule has 6 nitrogen and oxygen atoms in total. The minimum absolute atomic E-state index is 0. The number of nitrogens with zero attached hydrogens (tertiary/aromatic N) is 2. The monoisotopic (exact) mass is 409 g/mol. The fourth-order valence-corrected chi connectivity index (χ4v) is 3.88. The van der Waals surface area contributed by atoms with Gasteiger partial charge in [-0.15, -0.1) is 12.4 Å². The summed E-state index contributed by atoms with van der Waals surface area (Å²) in [7, 11) is 0. The molecule has 0 bridgehead atoms. The van der Waals surface area contributed by atoms with Gasteiger partial charge in [-0.3, -0.25) is 14.8 Å². The molecular weight excluding hydrogens is 385 g/mol. The van der Waals surface area contributed by atoms with Crippen LogP contribution in [0.5, 0.6) is 0 Å². The first-order valence-electron chi connectivity index (χ1n) is 9.23. The van der Waals surface area contributed by atoms with E-state index in [0.29, 0.717) is 12.2 Å². The number of amides is 1. The lowest BCUT2D eigenvalue weighted by Crippen LogP contribution is -2.44. The van der Waals surface area contributed by atoms with Gasteiger partial charge in [0.15, 0.2) is 5.69 Å². The number of benzene rings is 1. The maximum Gasteiger partial charge on any atom is 0.272 e. The summed E-state index contributed by atoms with van der Waals surface area (Å²) in [5.41, 5.74) is 3.93. The number of halogens is 2. The number of aromatic amines is 1. The Kier molecular flexibility index (Phi) is 6.76. The van der Waals surface area contributed by atoms with Gasteiger partial charge in [-0.1, -0.05) is 23.7 Å². The van der Waals surface area contributed by atoms with Crippen molar-refractivity contribution in [3.05, 3.63) is 51.8 Å². The summed E-state index contributed by atoms with van der Waals surface area (Å²) < 4.78 is 0. The van der Waals surface area contributed by atoms with Crippen molar-refractivity contribution in [3.8, 4) is 0 Å². The second-order valence-electron chi connectivity index (χ2n) is 7.11. The van der Waals surface area contributed by atoms with E-state index in [0.717, 1.165) is 61.7 Å². The van der Waals surface area contributed by atoms with Crippen LogP contribution in [0.4, 0.5) is 0 Å². The third-order valence-electron chi connectivity index (χ3n) is 5.26. The Morgan fingerprint density at radius 2 is 2.00 bits per heavy atom. The predicted octanol–water partition coefficient (Wildman–Crippen LogP) is 2.53. The molecular formula is C19H25Cl2N5O. The predicted molar refractivity (Wildman–Crippen MR) is 108 cm³/mol. The number of piperidine rings is 1. The van der Waals surface area contributed by atoms with Crippen LogP contribution >= 0.6 is 24.0 Å². The molecule has 0 spiro atoms. The highest BCUT2D eigenvalue weighted by Gasteiger charge is 2.25. The molecule has 2 aromatic rings. The van der Waals surface area contributed by atoms with Gasteiger partial charge in [-0.05, 0) is 30.5 Å². The van der Waals surface area contributed by atoms with Crippen LogP contribution in [0.1, 0.15) is 40.2 Å². The number of hydrogen-bond donors (Lipinski definition) is 3. The Labute approximate surface area is 170 Å². The fraction of sp³-hybridized carbons (Fsp3) is 0.474.